The third kappa shape index (κ3) is 4.48. The number of hydrogen-bond acceptors (Lipinski definition) is 3. The number of benzene rings is 1. The van der Waals surface area contributed by atoms with Crippen molar-refractivity contribution in [2.24, 2.45) is 5.92 Å². The van der Waals surface area contributed by atoms with Gasteiger partial charge in [-0.1, -0.05) is 0 Å². The molecule has 2 aliphatic rings. The number of alkyl halides is 2. The summed E-state index contributed by atoms with van der Waals surface area (Å²) in [6, 6.07) is 4.59. The molecule has 1 saturated heterocycles. The van der Waals surface area contributed by atoms with Gasteiger partial charge in [0.1, 0.15) is 11.6 Å². The first-order valence-electron chi connectivity index (χ1n) is 10.0. The molecular formula is C22H22F4N2O2. The zero-order valence-corrected chi connectivity index (χ0v) is 16.3. The van der Waals surface area contributed by atoms with Gasteiger partial charge in [0, 0.05) is 48.4 Å². The highest BCUT2D eigenvalue weighted by molar-refractivity contribution is 5.96. The van der Waals surface area contributed by atoms with Crippen LogP contribution in [0, 0.1) is 17.6 Å². The molecule has 0 atom stereocenters. The molecule has 1 aromatic carbocycles. The number of carbonyl (C=O) groups excluding carboxylic acids is 1. The molecule has 30 heavy (non-hydrogen) atoms. The van der Waals surface area contributed by atoms with E-state index in [1.54, 1.807) is 0 Å². The van der Waals surface area contributed by atoms with E-state index in [0.717, 1.165) is 18.2 Å². The first kappa shape index (κ1) is 20.8. The highest BCUT2D eigenvalue weighted by atomic mass is 19.3. The fourth-order valence-corrected chi connectivity index (χ4v) is 4.02. The van der Waals surface area contributed by atoms with E-state index in [1.807, 2.05) is 0 Å². The molecule has 1 saturated carbocycles. The zero-order chi connectivity index (χ0) is 21.3. The van der Waals surface area contributed by atoms with Gasteiger partial charge in [0.05, 0.1) is 24.6 Å². The van der Waals surface area contributed by atoms with Crippen LogP contribution < -0.4 is 5.32 Å². The van der Waals surface area contributed by atoms with Crippen molar-refractivity contribution in [2.75, 3.05) is 18.5 Å². The molecule has 0 spiro atoms. The second-order valence-corrected chi connectivity index (χ2v) is 8.03. The Bertz CT molecular complexity index is 937. The molecule has 2 aromatic rings. The van der Waals surface area contributed by atoms with Gasteiger partial charge in [-0.15, -0.1) is 0 Å². The normalized spacial score (nSPS) is 19.3. The summed E-state index contributed by atoms with van der Waals surface area (Å²) in [6.45, 7) is 0.993. The summed E-state index contributed by atoms with van der Waals surface area (Å²) in [5.74, 6) is -4.47. The average Bonchev–Trinajstić information content (AvgIpc) is 2.67. The SMILES string of the molecule is O=C(CC1COC1)Nc1c(-c2cc(F)ccc2F)ccnc1C1CCC(F)(F)CC1. The highest BCUT2D eigenvalue weighted by Gasteiger charge is 2.37. The number of rotatable bonds is 5. The van der Waals surface area contributed by atoms with E-state index < -0.39 is 17.6 Å². The summed E-state index contributed by atoms with van der Waals surface area (Å²) in [6.07, 6.45) is 1.53. The zero-order valence-electron chi connectivity index (χ0n) is 16.3. The number of anilines is 1. The largest absolute Gasteiger partial charge is 0.381 e. The molecule has 0 unspecified atom stereocenters. The number of pyridine rings is 1. The van der Waals surface area contributed by atoms with Gasteiger partial charge in [-0.05, 0) is 37.1 Å². The lowest BCUT2D eigenvalue weighted by molar-refractivity contribution is -0.121. The van der Waals surface area contributed by atoms with Crippen molar-refractivity contribution in [3.63, 3.8) is 0 Å². The van der Waals surface area contributed by atoms with Crippen molar-refractivity contribution >= 4 is 11.6 Å². The molecule has 4 nitrogen and oxygen atoms in total. The summed E-state index contributed by atoms with van der Waals surface area (Å²) in [4.78, 5) is 17.0. The lowest BCUT2D eigenvalue weighted by atomic mass is 9.83. The van der Waals surface area contributed by atoms with E-state index in [0.29, 0.717) is 18.9 Å². The number of halogens is 4. The summed E-state index contributed by atoms with van der Waals surface area (Å²) in [7, 11) is 0. The number of ether oxygens (including phenoxy) is 1. The van der Waals surface area contributed by atoms with Crippen molar-refractivity contribution in [1.82, 2.24) is 4.98 Å². The maximum Gasteiger partial charge on any atom is 0.248 e. The molecule has 160 valence electrons. The van der Waals surface area contributed by atoms with E-state index >= 15 is 0 Å². The second-order valence-electron chi connectivity index (χ2n) is 8.03. The van der Waals surface area contributed by atoms with Crippen molar-refractivity contribution in [3.05, 3.63) is 47.8 Å². The van der Waals surface area contributed by atoms with E-state index in [1.165, 1.54) is 12.3 Å². The van der Waals surface area contributed by atoms with Crippen LogP contribution in [0.3, 0.4) is 0 Å². The number of nitrogens with zero attached hydrogens (tertiary/aromatic N) is 1. The Morgan fingerprint density at radius 1 is 1.13 bits per heavy atom. The summed E-state index contributed by atoms with van der Waals surface area (Å²) < 4.78 is 60.7. The molecule has 8 heteroatoms. The first-order valence-corrected chi connectivity index (χ1v) is 10.0. The van der Waals surface area contributed by atoms with Gasteiger partial charge in [-0.3, -0.25) is 9.78 Å². The fourth-order valence-electron chi connectivity index (χ4n) is 4.02. The van der Waals surface area contributed by atoms with Gasteiger partial charge >= 0.3 is 0 Å². The molecule has 1 aliphatic heterocycles. The molecule has 1 aliphatic carbocycles. The van der Waals surface area contributed by atoms with Crippen molar-refractivity contribution in [3.8, 4) is 11.1 Å². The molecule has 0 radical (unpaired) electrons. The highest BCUT2D eigenvalue weighted by Crippen LogP contribution is 2.44. The number of nitrogens with one attached hydrogen (secondary N) is 1. The Morgan fingerprint density at radius 3 is 2.53 bits per heavy atom. The lowest BCUT2D eigenvalue weighted by Crippen LogP contribution is -2.32. The number of hydrogen-bond donors (Lipinski definition) is 1. The standard InChI is InChI=1S/C22H22F4N2O2/c23-15-1-2-18(24)17(10-15)16-5-8-27-20(14-3-6-22(25,26)7-4-14)21(16)28-19(29)9-13-11-30-12-13/h1-2,5,8,10,13-14H,3-4,6-7,9,11-12H2,(H,28,29). The van der Waals surface area contributed by atoms with Crippen LogP contribution >= 0.6 is 0 Å². The van der Waals surface area contributed by atoms with Crippen LogP contribution in [-0.2, 0) is 9.53 Å². The number of aromatic nitrogens is 1. The third-order valence-corrected chi connectivity index (χ3v) is 5.75. The minimum absolute atomic E-state index is 0.0120. The number of carbonyl (C=O) groups is 1. The molecule has 1 N–H and O–H groups in total. The Labute approximate surface area is 171 Å². The molecule has 4 rings (SSSR count). The topological polar surface area (TPSA) is 51.2 Å². The van der Waals surface area contributed by atoms with Gasteiger partial charge in [0.2, 0.25) is 11.8 Å². The molecule has 0 bridgehead atoms. The Hall–Kier alpha value is -2.48. The summed E-state index contributed by atoms with van der Waals surface area (Å²) >= 11 is 0. The second kappa shape index (κ2) is 8.34. The molecular weight excluding hydrogens is 400 g/mol. The van der Waals surface area contributed by atoms with Gasteiger partial charge < -0.3 is 10.1 Å². The first-order chi connectivity index (χ1) is 14.3. The number of amides is 1. The van der Waals surface area contributed by atoms with Crippen LogP contribution in [-0.4, -0.2) is 30.0 Å². The molecule has 1 amide bonds. The van der Waals surface area contributed by atoms with E-state index in [4.69, 9.17) is 4.74 Å². The maximum atomic E-state index is 14.5. The predicted octanol–water partition coefficient (Wildman–Crippen LogP) is 5.29. The van der Waals surface area contributed by atoms with E-state index in [9.17, 15) is 22.4 Å². The van der Waals surface area contributed by atoms with Gasteiger partial charge in [-0.25, -0.2) is 17.6 Å². The van der Waals surface area contributed by atoms with Gasteiger partial charge in [0.25, 0.3) is 0 Å². The minimum Gasteiger partial charge on any atom is -0.381 e. The third-order valence-electron chi connectivity index (χ3n) is 5.75. The van der Waals surface area contributed by atoms with Crippen LogP contribution in [0.15, 0.2) is 30.5 Å². The van der Waals surface area contributed by atoms with Crippen molar-refractivity contribution < 1.29 is 27.1 Å². The molecule has 2 heterocycles. The quantitative estimate of drug-likeness (QED) is 0.666. The van der Waals surface area contributed by atoms with Crippen LogP contribution in [0.5, 0.6) is 0 Å². The minimum atomic E-state index is -2.71. The predicted molar refractivity (Wildman–Crippen MR) is 103 cm³/mol. The van der Waals surface area contributed by atoms with Crippen LogP contribution in [0.25, 0.3) is 11.1 Å². The van der Waals surface area contributed by atoms with E-state index in [-0.39, 0.29) is 66.7 Å². The fraction of sp³-hybridized carbons (Fsp3) is 0.455. The summed E-state index contributed by atoms with van der Waals surface area (Å²) in [5.41, 5.74) is 0.974. The molecule has 1 aromatic heterocycles. The molecule has 2 fully saturated rings. The maximum absolute atomic E-state index is 14.5. The Kier molecular flexibility index (Phi) is 5.77. The van der Waals surface area contributed by atoms with Crippen LogP contribution in [0.2, 0.25) is 0 Å². The Balaban J connectivity index is 1.71. The van der Waals surface area contributed by atoms with Crippen LogP contribution in [0.4, 0.5) is 23.2 Å². The van der Waals surface area contributed by atoms with E-state index in [2.05, 4.69) is 10.3 Å². The average molecular weight is 422 g/mol. The monoisotopic (exact) mass is 422 g/mol. The van der Waals surface area contributed by atoms with Crippen LogP contribution in [0.1, 0.15) is 43.7 Å². The van der Waals surface area contributed by atoms with Gasteiger partial charge in [0.15, 0.2) is 0 Å². The summed E-state index contributed by atoms with van der Waals surface area (Å²) in [5, 5.41) is 2.81. The van der Waals surface area contributed by atoms with Crippen molar-refractivity contribution in [1.29, 1.82) is 0 Å². The smallest absolute Gasteiger partial charge is 0.248 e. The Morgan fingerprint density at radius 2 is 1.87 bits per heavy atom. The van der Waals surface area contributed by atoms with Crippen molar-refractivity contribution in [2.45, 2.75) is 43.9 Å². The lowest BCUT2D eigenvalue weighted by Gasteiger charge is -2.30. The van der Waals surface area contributed by atoms with Gasteiger partial charge in [-0.2, -0.15) is 0 Å².